The quantitative estimate of drug-likeness (QED) is 0.923. The third-order valence-electron chi connectivity index (χ3n) is 2.32. The number of nitrogens with one attached hydrogen (secondary N) is 1. The van der Waals surface area contributed by atoms with E-state index in [-0.39, 0.29) is 6.04 Å². The van der Waals surface area contributed by atoms with Crippen molar-refractivity contribution in [2.45, 2.75) is 26.3 Å². The minimum Gasteiger partial charge on any atom is -0.360 e. The van der Waals surface area contributed by atoms with Crippen LogP contribution in [0, 0.1) is 6.92 Å². The zero-order chi connectivity index (χ0) is 12.3. The predicted octanol–water partition coefficient (Wildman–Crippen LogP) is 3.46. The molecule has 0 aliphatic rings. The summed E-state index contributed by atoms with van der Waals surface area (Å²) in [5.41, 5.74) is 1.04. The Morgan fingerprint density at radius 3 is 2.94 bits per heavy atom. The standard InChI is InChI=1S/C11H13ClN4S/c1-3-9(11-15-7(2)5-17-11)16-10-8(12)4-13-6-14-10/h4-6,9H,3H2,1-2H3,(H,13,14,16). The molecular formula is C11H13ClN4S. The fourth-order valence-electron chi connectivity index (χ4n) is 1.45. The van der Waals surface area contributed by atoms with E-state index in [1.165, 1.54) is 6.33 Å². The maximum absolute atomic E-state index is 6.01. The molecule has 1 N–H and O–H groups in total. The average molecular weight is 269 g/mol. The van der Waals surface area contributed by atoms with E-state index < -0.39 is 0 Å². The first-order chi connectivity index (χ1) is 8.20. The average Bonchev–Trinajstić information content (AvgIpc) is 2.75. The number of halogens is 1. The Morgan fingerprint density at radius 1 is 1.53 bits per heavy atom. The van der Waals surface area contributed by atoms with Crippen LogP contribution in [0.4, 0.5) is 5.82 Å². The van der Waals surface area contributed by atoms with E-state index in [0.717, 1.165) is 17.1 Å². The highest BCUT2D eigenvalue weighted by molar-refractivity contribution is 7.09. The van der Waals surface area contributed by atoms with Crippen molar-refractivity contribution in [2.75, 3.05) is 5.32 Å². The van der Waals surface area contributed by atoms with Crippen LogP contribution in [-0.2, 0) is 0 Å². The van der Waals surface area contributed by atoms with Crippen molar-refractivity contribution in [1.29, 1.82) is 0 Å². The molecule has 2 aromatic rings. The molecule has 4 nitrogen and oxygen atoms in total. The summed E-state index contributed by atoms with van der Waals surface area (Å²) >= 11 is 7.66. The summed E-state index contributed by atoms with van der Waals surface area (Å²) in [4.78, 5) is 12.5. The van der Waals surface area contributed by atoms with Crippen molar-refractivity contribution in [3.63, 3.8) is 0 Å². The second-order valence-corrected chi connectivity index (χ2v) is 4.95. The molecule has 0 fully saturated rings. The number of thiazole rings is 1. The molecule has 0 spiro atoms. The molecule has 2 rings (SSSR count). The van der Waals surface area contributed by atoms with Crippen LogP contribution < -0.4 is 5.32 Å². The van der Waals surface area contributed by atoms with Crippen molar-refractivity contribution in [1.82, 2.24) is 15.0 Å². The molecule has 0 radical (unpaired) electrons. The maximum atomic E-state index is 6.01. The van der Waals surface area contributed by atoms with E-state index >= 15 is 0 Å². The molecule has 17 heavy (non-hydrogen) atoms. The summed E-state index contributed by atoms with van der Waals surface area (Å²) in [6, 6.07) is 0.140. The smallest absolute Gasteiger partial charge is 0.148 e. The summed E-state index contributed by atoms with van der Waals surface area (Å²) in [6.07, 6.45) is 3.98. The Labute approximate surface area is 109 Å². The number of hydrogen-bond acceptors (Lipinski definition) is 5. The molecule has 0 saturated carbocycles. The molecule has 0 aliphatic heterocycles. The van der Waals surface area contributed by atoms with Crippen molar-refractivity contribution in [2.24, 2.45) is 0 Å². The minimum atomic E-state index is 0.140. The Kier molecular flexibility index (Phi) is 3.91. The van der Waals surface area contributed by atoms with Crippen molar-refractivity contribution >= 4 is 28.8 Å². The van der Waals surface area contributed by atoms with Crippen LogP contribution in [0.15, 0.2) is 17.9 Å². The number of nitrogens with zero attached hydrogens (tertiary/aromatic N) is 3. The van der Waals surface area contributed by atoms with Gasteiger partial charge in [-0.3, -0.25) is 0 Å². The minimum absolute atomic E-state index is 0.140. The molecule has 2 heterocycles. The Hall–Kier alpha value is -1.20. The van der Waals surface area contributed by atoms with E-state index in [9.17, 15) is 0 Å². The van der Waals surface area contributed by atoms with E-state index in [0.29, 0.717) is 10.8 Å². The molecule has 1 atom stereocenters. The number of hydrogen-bond donors (Lipinski definition) is 1. The number of aromatic nitrogens is 3. The molecule has 0 aliphatic carbocycles. The second kappa shape index (κ2) is 5.42. The first kappa shape index (κ1) is 12.3. The van der Waals surface area contributed by atoms with Crippen LogP contribution in [0.5, 0.6) is 0 Å². The molecule has 0 bridgehead atoms. The van der Waals surface area contributed by atoms with Gasteiger partial charge in [0.15, 0.2) is 0 Å². The maximum Gasteiger partial charge on any atom is 0.148 e. The van der Waals surface area contributed by atoms with Crippen molar-refractivity contribution < 1.29 is 0 Å². The molecule has 90 valence electrons. The van der Waals surface area contributed by atoms with Crippen LogP contribution in [-0.4, -0.2) is 15.0 Å². The highest BCUT2D eigenvalue weighted by Crippen LogP contribution is 2.27. The Morgan fingerprint density at radius 2 is 2.35 bits per heavy atom. The molecule has 0 amide bonds. The lowest BCUT2D eigenvalue weighted by atomic mass is 10.2. The SMILES string of the molecule is CCC(Nc1ncncc1Cl)c1nc(C)cs1. The molecule has 1 unspecified atom stereocenters. The second-order valence-electron chi connectivity index (χ2n) is 3.65. The Balaban J connectivity index is 2.18. The van der Waals surface area contributed by atoms with E-state index in [1.807, 2.05) is 12.3 Å². The summed E-state index contributed by atoms with van der Waals surface area (Å²) in [5, 5.41) is 6.92. The highest BCUT2D eigenvalue weighted by Gasteiger charge is 2.14. The van der Waals surface area contributed by atoms with E-state index in [4.69, 9.17) is 11.6 Å². The third kappa shape index (κ3) is 2.92. The topological polar surface area (TPSA) is 50.7 Å². The Bertz CT molecular complexity index is 500. The summed E-state index contributed by atoms with van der Waals surface area (Å²) in [5.74, 6) is 0.654. The van der Waals surface area contributed by atoms with Gasteiger partial charge in [-0.1, -0.05) is 18.5 Å². The number of rotatable bonds is 4. The predicted molar refractivity (Wildman–Crippen MR) is 70.5 cm³/mol. The van der Waals surface area contributed by atoms with Gasteiger partial charge in [0.1, 0.15) is 22.2 Å². The van der Waals surface area contributed by atoms with Gasteiger partial charge in [0.25, 0.3) is 0 Å². The van der Waals surface area contributed by atoms with Gasteiger partial charge >= 0.3 is 0 Å². The fraction of sp³-hybridized carbons (Fsp3) is 0.364. The van der Waals surface area contributed by atoms with Crippen molar-refractivity contribution in [3.05, 3.63) is 33.6 Å². The van der Waals surface area contributed by atoms with Gasteiger partial charge in [0.05, 0.1) is 12.2 Å². The summed E-state index contributed by atoms with van der Waals surface area (Å²) in [6.45, 7) is 4.09. The first-order valence-electron chi connectivity index (χ1n) is 5.34. The lowest BCUT2D eigenvalue weighted by Crippen LogP contribution is -2.11. The summed E-state index contributed by atoms with van der Waals surface area (Å²) in [7, 11) is 0. The van der Waals surface area contributed by atoms with Gasteiger partial charge in [-0.25, -0.2) is 15.0 Å². The number of aryl methyl sites for hydroxylation is 1. The van der Waals surface area contributed by atoms with Crippen molar-refractivity contribution in [3.8, 4) is 0 Å². The monoisotopic (exact) mass is 268 g/mol. The van der Waals surface area contributed by atoms with E-state index in [2.05, 4.69) is 27.2 Å². The molecule has 0 saturated heterocycles. The zero-order valence-corrected chi connectivity index (χ0v) is 11.2. The third-order valence-corrected chi connectivity index (χ3v) is 3.67. The van der Waals surface area contributed by atoms with Gasteiger partial charge in [0.2, 0.25) is 0 Å². The molecule has 6 heteroatoms. The fourth-order valence-corrected chi connectivity index (χ4v) is 2.54. The zero-order valence-electron chi connectivity index (χ0n) is 9.64. The first-order valence-corrected chi connectivity index (χ1v) is 6.60. The molecule has 2 aromatic heterocycles. The van der Waals surface area contributed by atoms with Crippen LogP contribution in [0.2, 0.25) is 5.02 Å². The lowest BCUT2D eigenvalue weighted by molar-refractivity contribution is 0.734. The van der Waals surface area contributed by atoms with Gasteiger partial charge < -0.3 is 5.32 Å². The largest absolute Gasteiger partial charge is 0.360 e. The normalized spacial score (nSPS) is 12.4. The number of anilines is 1. The van der Waals surface area contributed by atoms with Crippen LogP contribution >= 0.6 is 22.9 Å². The van der Waals surface area contributed by atoms with Crippen LogP contribution in [0.1, 0.15) is 30.1 Å². The summed E-state index contributed by atoms with van der Waals surface area (Å²) < 4.78 is 0. The molecular weight excluding hydrogens is 256 g/mol. The van der Waals surface area contributed by atoms with Gasteiger partial charge in [-0.2, -0.15) is 0 Å². The van der Waals surface area contributed by atoms with E-state index in [1.54, 1.807) is 17.5 Å². The van der Waals surface area contributed by atoms with Crippen LogP contribution in [0.25, 0.3) is 0 Å². The van der Waals surface area contributed by atoms with Crippen LogP contribution in [0.3, 0.4) is 0 Å². The van der Waals surface area contributed by atoms with Gasteiger partial charge in [0, 0.05) is 11.1 Å². The molecule has 0 aromatic carbocycles. The highest BCUT2D eigenvalue weighted by atomic mass is 35.5. The van der Waals surface area contributed by atoms with Gasteiger partial charge in [-0.15, -0.1) is 11.3 Å². The van der Waals surface area contributed by atoms with Gasteiger partial charge in [-0.05, 0) is 13.3 Å². The lowest BCUT2D eigenvalue weighted by Gasteiger charge is -2.15.